The summed E-state index contributed by atoms with van der Waals surface area (Å²) < 4.78 is 11.6. The molecule has 0 radical (unpaired) electrons. The summed E-state index contributed by atoms with van der Waals surface area (Å²) in [4.78, 5) is 36.4. The number of ether oxygens (including phenoxy) is 2. The highest BCUT2D eigenvalue weighted by Gasteiger charge is 2.60. The molecule has 9 atom stereocenters. The van der Waals surface area contributed by atoms with Gasteiger partial charge < -0.3 is 9.47 Å². The zero-order valence-corrected chi connectivity index (χ0v) is 23.4. The quantitative estimate of drug-likeness (QED) is 0.234. The highest BCUT2D eigenvalue weighted by Crippen LogP contribution is 2.66. The summed E-state index contributed by atoms with van der Waals surface area (Å²) in [5, 5.41) is 0. The molecular formula is C31H46O5. The summed E-state index contributed by atoms with van der Waals surface area (Å²) in [6, 6.07) is 0. The number of esters is 2. The number of allylic oxidation sites excluding steroid dienone is 4. The van der Waals surface area contributed by atoms with E-state index in [1.54, 1.807) is 11.6 Å². The van der Waals surface area contributed by atoms with Gasteiger partial charge in [0.05, 0.1) is 0 Å². The van der Waals surface area contributed by atoms with Crippen molar-refractivity contribution in [1.82, 2.24) is 0 Å². The van der Waals surface area contributed by atoms with Crippen molar-refractivity contribution in [2.45, 2.75) is 112 Å². The Labute approximate surface area is 217 Å². The lowest BCUT2D eigenvalue weighted by atomic mass is 9.47. The van der Waals surface area contributed by atoms with Gasteiger partial charge in [-0.1, -0.05) is 38.0 Å². The summed E-state index contributed by atoms with van der Waals surface area (Å²) >= 11 is 0. The van der Waals surface area contributed by atoms with Crippen molar-refractivity contribution < 1.29 is 23.9 Å². The molecule has 3 fully saturated rings. The third-order valence-electron chi connectivity index (χ3n) is 10.4. The van der Waals surface area contributed by atoms with Crippen LogP contribution in [0.25, 0.3) is 0 Å². The lowest BCUT2D eigenvalue weighted by molar-refractivity contribution is -0.168. The molecule has 0 saturated heterocycles. The first-order chi connectivity index (χ1) is 16.8. The molecule has 0 N–H and O–H groups in total. The van der Waals surface area contributed by atoms with Crippen LogP contribution in [0.3, 0.4) is 0 Å². The van der Waals surface area contributed by atoms with Gasteiger partial charge in [0.15, 0.2) is 5.78 Å². The van der Waals surface area contributed by atoms with E-state index in [4.69, 9.17) is 9.47 Å². The standard InChI is InChI=1S/C31H46O5/c1-18(2)14-22(34)15-19(3)25-8-9-26-24-17-29(36-21(5)33)28-16-23(35-20(4)32)10-12-31(28,7)27(24)11-13-30(25,26)6/h11,14,19,23-26,28-29H,8-10,12-13,15-17H2,1-7H3/t19-,23-,24-,25+,26-,28+,29-,30+,31+/m0/s1. The maximum Gasteiger partial charge on any atom is 0.302 e. The lowest BCUT2D eigenvalue weighted by Gasteiger charge is -2.59. The fraction of sp³-hybridized carbons (Fsp3) is 0.774. The number of ketones is 1. The van der Waals surface area contributed by atoms with Gasteiger partial charge in [-0.3, -0.25) is 14.4 Å². The Kier molecular flexibility index (Phi) is 7.61. The molecule has 200 valence electrons. The van der Waals surface area contributed by atoms with Crippen molar-refractivity contribution in [3.8, 4) is 0 Å². The molecule has 0 aromatic carbocycles. The minimum atomic E-state index is -0.233. The second-order valence-corrected chi connectivity index (χ2v) is 13.0. The van der Waals surface area contributed by atoms with Crippen molar-refractivity contribution in [2.75, 3.05) is 0 Å². The SMILES string of the molecule is CC(=O)O[C@H]1CC[C@]2(C)C3=CC[C@]4(C)[C@@H]([C@@H](C)CC(=O)C=C(C)C)CC[C@H]4[C@@H]3C[C@H](OC(C)=O)[C@H]2C1. The first-order valence-electron chi connectivity index (χ1n) is 14.1. The molecule has 0 aliphatic heterocycles. The predicted molar refractivity (Wildman–Crippen MR) is 140 cm³/mol. The van der Waals surface area contributed by atoms with E-state index in [-0.39, 0.29) is 46.7 Å². The zero-order chi connectivity index (χ0) is 26.4. The third kappa shape index (κ3) is 4.96. The van der Waals surface area contributed by atoms with E-state index in [1.807, 2.05) is 13.8 Å². The number of carbonyl (C=O) groups excluding carboxylic acids is 3. The smallest absolute Gasteiger partial charge is 0.302 e. The van der Waals surface area contributed by atoms with Crippen LogP contribution in [0.1, 0.15) is 99.8 Å². The summed E-state index contributed by atoms with van der Waals surface area (Å²) in [6.45, 7) is 14.0. The normalized spacial score (nSPS) is 40.0. The maximum atomic E-state index is 12.6. The summed E-state index contributed by atoms with van der Waals surface area (Å²) in [5.41, 5.74) is 2.76. The van der Waals surface area contributed by atoms with Crippen LogP contribution in [0.5, 0.6) is 0 Å². The van der Waals surface area contributed by atoms with Crippen molar-refractivity contribution in [2.24, 2.45) is 40.4 Å². The van der Waals surface area contributed by atoms with Gasteiger partial charge in [-0.15, -0.1) is 0 Å². The average Bonchev–Trinajstić information content (AvgIpc) is 3.10. The van der Waals surface area contributed by atoms with Crippen molar-refractivity contribution in [3.05, 3.63) is 23.3 Å². The Hall–Kier alpha value is -1.91. The number of carbonyl (C=O) groups is 3. The van der Waals surface area contributed by atoms with Gasteiger partial charge >= 0.3 is 11.9 Å². The molecular weight excluding hydrogens is 452 g/mol. The first-order valence-corrected chi connectivity index (χ1v) is 14.1. The topological polar surface area (TPSA) is 69.7 Å². The number of hydrogen-bond donors (Lipinski definition) is 0. The Bertz CT molecular complexity index is 958. The van der Waals surface area contributed by atoms with Gasteiger partial charge in [0.1, 0.15) is 12.2 Å². The van der Waals surface area contributed by atoms with E-state index in [0.29, 0.717) is 30.1 Å². The van der Waals surface area contributed by atoms with E-state index in [1.165, 1.54) is 20.3 Å². The van der Waals surface area contributed by atoms with Gasteiger partial charge in [0.25, 0.3) is 0 Å². The van der Waals surface area contributed by atoms with Gasteiger partial charge in [0, 0.05) is 26.2 Å². The Morgan fingerprint density at radius 3 is 2.33 bits per heavy atom. The van der Waals surface area contributed by atoms with Gasteiger partial charge in [-0.25, -0.2) is 0 Å². The van der Waals surface area contributed by atoms with E-state index in [2.05, 4.69) is 26.8 Å². The van der Waals surface area contributed by atoms with Crippen molar-refractivity contribution in [1.29, 1.82) is 0 Å². The van der Waals surface area contributed by atoms with Crippen LogP contribution in [0.15, 0.2) is 23.3 Å². The molecule has 0 bridgehead atoms. The lowest BCUT2D eigenvalue weighted by Crippen LogP contribution is -2.55. The summed E-state index contributed by atoms with van der Waals surface area (Å²) in [6.07, 6.45) is 11.5. The molecule has 4 aliphatic carbocycles. The van der Waals surface area contributed by atoms with E-state index >= 15 is 0 Å². The number of fused-ring (bicyclic) bond motifs is 5. The fourth-order valence-corrected chi connectivity index (χ4v) is 9.01. The first kappa shape index (κ1) is 27.1. The monoisotopic (exact) mass is 498 g/mol. The van der Waals surface area contributed by atoms with Crippen LogP contribution in [0.2, 0.25) is 0 Å². The fourth-order valence-electron chi connectivity index (χ4n) is 9.01. The minimum Gasteiger partial charge on any atom is -0.463 e. The Balaban J connectivity index is 1.61. The Morgan fingerprint density at radius 2 is 1.69 bits per heavy atom. The molecule has 5 heteroatoms. The van der Waals surface area contributed by atoms with Crippen molar-refractivity contribution in [3.63, 3.8) is 0 Å². The van der Waals surface area contributed by atoms with E-state index < -0.39 is 0 Å². The van der Waals surface area contributed by atoms with Crippen LogP contribution in [0.4, 0.5) is 0 Å². The van der Waals surface area contributed by atoms with Crippen LogP contribution in [-0.4, -0.2) is 29.9 Å². The molecule has 4 aliphatic rings. The molecule has 0 aromatic heterocycles. The maximum absolute atomic E-state index is 12.6. The van der Waals surface area contributed by atoms with E-state index in [0.717, 1.165) is 44.1 Å². The molecule has 36 heavy (non-hydrogen) atoms. The van der Waals surface area contributed by atoms with Gasteiger partial charge in [-0.05, 0) is 99.4 Å². The molecule has 4 rings (SSSR count). The average molecular weight is 499 g/mol. The zero-order valence-electron chi connectivity index (χ0n) is 23.4. The van der Waals surface area contributed by atoms with Crippen LogP contribution in [-0.2, 0) is 23.9 Å². The van der Waals surface area contributed by atoms with Crippen LogP contribution in [0, 0.1) is 40.4 Å². The number of hydrogen-bond acceptors (Lipinski definition) is 5. The van der Waals surface area contributed by atoms with Gasteiger partial charge in [0.2, 0.25) is 0 Å². The summed E-state index contributed by atoms with van der Waals surface area (Å²) in [5.74, 6) is 1.79. The molecule has 0 amide bonds. The molecule has 0 spiro atoms. The van der Waals surface area contributed by atoms with E-state index in [9.17, 15) is 14.4 Å². The molecule has 0 heterocycles. The number of rotatable bonds is 6. The minimum absolute atomic E-state index is 0.0376. The molecule has 0 aromatic rings. The van der Waals surface area contributed by atoms with Crippen LogP contribution >= 0.6 is 0 Å². The second-order valence-electron chi connectivity index (χ2n) is 13.0. The highest BCUT2D eigenvalue weighted by atomic mass is 16.5. The molecule has 3 saturated carbocycles. The predicted octanol–water partition coefficient (Wildman–Crippen LogP) is 6.60. The second kappa shape index (κ2) is 10.1. The molecule has 0 unspecified atom stereocenters. The Morgan fingerprint density at radius 1 is 1.00 bits per heavy atom. The summed E-state index contributed by atoms with van der Waals surface area (Å²) in [7, 11) is 0. The van der Waals surface area contributed by atoms with Crippen molar-refractivity contribution >= 4 is 17.7 Å². The van der Waals surface area contributed by atoms with Crippen LogP contribution < -0.4 is 0 Å². The largest absolute Gasteiger partial charge is 0.463 e. The molecule has 5 nitrogen and oxygen atoms in total. The third-order valence-corrected chi connectivity index (χ3v) is 10.4. The highest BCUT2D eigenvalue weighted by molar-refractivity contribution is 5.90. The van der Waals surface area contributed by atoms with Gasteiger partial charge in [-0.2, -0.15) is 0 Å².